The van der Waals surface area contributed by atoms with Gasteiger partial charge in [0.25, 0.3) is 0 Å². The molecule has 2 aliphatic rings. The number of carbonyl (C=O) groups is 2. The highest BCUT2D eigenvalue weighted by Gasteiger charge is 2.35. The quantitative estimate of drug-likeness (QED) is 0.811. The lowest BCUT2D eigenvalue weighted by Gasteiger charge is -2.41. The maximum Gasteiger partial charge on any atom is 0.224 e. The standard InChI is InChI=1S/C14H24N2O3/c1-3-19-12-8-11(9-12)16(2)14(18)7-10-5-4-6-13(17)15-10/h10-12H,3-9H2,1-2H3,(H,15,17). The molecule has 2 amide bonds. The Bertz CT molecular complexity index is 340. The molecule has 0 aromatic rings. The van der Waals surface area contributed by atoms with Gasteiger partial charge in [-0.15, -0.1) is 0 Å². The van der Waals surface area contributed by atoms with Crippen molar-refractivity contribution in [1.29, 1.82) is 0 Å². The first kappa shape index (κ1) is 14.3. The molecule has 0 bridgehead atoms. The van der Waals surface area contributed by atoms with Crippen molar-refractivity contribution in [3.63, 3.8) is 0 Å². The third-order valence-corrected chi connectivity index (χ3v) is 4.16. The fourth-order valence-electron chi connectivity index (χ4n) is 2.82. The summed E-state index contributed by atoms with van der Waals surface area (Å²) in [5.41, 5.74) is 0. The molecule has 19 heavy (non-hydrogen) atoms. The first-order valence-corrected chi connectivity index (χ1v) is 7.26. The van der Waals surface area contributed by atoms with Gasteiger partial charge in [-0.05, 0) is 32.6 Å². The first-order chi connectivity index (χ1) is 9.10. The maximum atomic E-state index is 12.2. The molecular weight excluding hydrogens is 244 g/mol. The summed E-state index contributed by atoms with van der Waals surface area (Å²) in [5, 5.41) is 2.90. The molecule has 0 aromatic carbocycles. The summed E-state index contributed by atoms with van der Waals surface area (Å²) in [6.07, 6.45) is 5.03. The Morgan fingerprint density at radius 1 is 1.47 bits per heavy atom. The number of rotatable bonds is 5. The fraction of sp³-hybridized carbons (Fsp3) is 0.857. The Morgan fingerprint density at radius 2 is 2.21 bits per heavy atom. The van der Waals surface area contributed by atoms with Crippen LogP contribution in [0.3, 0.4) is 0 Å². The van der Waals surface area contributed by atoms with Crippen molar-refractivity contribution in [2.45, 2.75) is 63.6 Å². The van der Waals surface area contributed by atoms with Crippen molar-refractivity contribution in [2.75, 3.05) is 13.7 Å². The van der Waals surface area contributed by atoms with Crippen LogP contribution in [0.4, 0.5) is 0 Å². The Labute approximate surface area is 114 Å². The summed E-state index contributed by atoms with van der Waals surface area (Å²) in [7, 11) is 1.86. The Morgan fingerprint density at radius 3 is 2.84 bits per heavy atom. The van der Waals surface area contributed by atoms with Crippen LogP contribution in [0.5, 0.6) is 0 Å². The third kappa shape index (κ3) is 3.69. The molecule has 1 atom stereocenters. The molecule has 1 aliphatic heterocycles. The fourth-order valence-corrected chi connectivity index (χ4v) is 2.82. The zero-order chi connectivity index (χ0) is 13.8. The van der Waals surface area contributed by atoms with E-state index >= 15 is 0 Å². The van der Waals surface area contributed by atoms with E-state index in [9.17, 15) is 9.59 Å². The van der Waals surface area contributed by atoms with E-state index in [-0.39, 0.29) is 17.9 Å². The lowest BCUT2D eigenvalue weighted by molar-refractivity contribution is -0.138. The smallest absolute Gasteiger partial charge is 0.224 e. The topological polar surface area (TPSA) is 58.6 Å². The van der Waals surface area contributed by atoms with Gasteiger partial charge in [-0.1, -0.05) is 0 Å². The highest BCUT2D eigenvalue weighted by Crippen LogP contribution is 2.28. The lowest BCUT2D eigenvalue weighted by atomic mass is 9.87. The van der Waals surface area contributed by atoms with Gasteiger partial charge >= 0.3 is 0 Å². The van der Waals surface area contributed by atoms with Gasteiger partial charge in [0, 0.05) is 38.6 Å². The zero-order valence-corrected chi connectivity index (χ0v) is 11.9. The summed E-state index contributed by atoms with van der Waals surface area (Å²) in [6.45, 7) is 2.73. The van der Waals surface area contributed by atoms with Crippen LogP contribution in [-0.2, 0) is 14.3 Å². The number of piperidine rings is 1. The van der Waals surface area contributed by atoms with Gasteiger partial charge in [0.05, 0.1) is 6.10 Å². The minimum atomic E-state index is 0.0268. The first-order valence-electron chi connectivity index (χ1n) is 7.26. The molecule has 1 unspecified atom stereocenters. The second-order valence-corrected chi connectivity index (χ2v) is 5.57. The van der Waals surface area contributed by atoms with Crippen LogP contribution in [0.1, 0.15) is 45.4 Å². The van der Waals surface area contributed by atoms with Crippen molar-refractivity contribution in [3.8, 4) is 0 Å². The molecule has 1 aliphatic carbocycles. The van der Waals surface area contributed by atoms with Gasteiger partial charge < -0.3 is 15.0 Å². The van der Waals surface area contributed by atoms with Crippen LogP contribution in [-0.4, -0.2) is 48.6 Å². The van der Waals surface area contributed by atoms with Crippen molar-refractivity contribution in [2.24, 2.45) is 0 Å². The zero-order valence-electron chi connectivity index (χ0n) is 11.9. The number of nitrogens with zero attached hydrogens (tertiary/aromatic N) is 1. The van der Waals surface area contributed by atoms with E-state index in [4.69, 9.17) is 4.74 Å². The molecule has 5 nitrogen and oxygen atoms in total. The molecular formula is C14H24N2O3. The Hall–Kier alpha value is -1.10. The van der Waals surface area contributed by atoms with Crippen LogP contribution in [0.25, 0.3) is 0 Å². The number of amides is 2. The van der Waals surface area contributed by atoms with E-state index in [0.29, 0.717) is 25.0 Å². The molecule has 0 radical (unpaired) electrons. The van der Waals surface area contributed by atoms with Crippen LogP contribution in [0.2, 0.25) is 0 Å². The monoisotopic (exact) mass is 268 g/mol. The molecule has 2 fully saturated rings. The molecule has 0 aromatic heterocycles. The lowest BCUT2D eigenvalue weighted by Crippen LogP contribution is -2.50. The van der Waals surface area contributed by atoms with Crippen LogP contribution in [0, 0.1) is 0 Å². The summed E-state index contributed by atoms with van der Waals surface area (Å²) < 4.78 is 5.51. The summed E-state index contributed by atoms with van der Waals surface area (Å²) in [5.74, 6) is 0.207. The second-order valence-electron chi connectivity index (χ2n) is 5.57. The van der Waals surface area contributed by atoms with E-state index in [1.807, 2.05) is 18.9 Å². The second kappa shape index (κ2) is 6.37. The normalized spacial score (nSPS) is 30.4. The van der Waals surface area contributed by atoms with Crippen molar-refractivity contribution in [3.05, 3.63) is 0 Å². The maximum absolute atomic E-state index is 12.2. The minimum absolute atomic E-state index is 0.0268. The number of hydrogen-bond donors (Lipinski definition) is 1. The van der Waals surface area contributed by atoms with Crippen molar-refractivity contribution < 1.29 is 14.3 Å². The van der Waals surface area contributed by atoms with Gasteiger partial charge in [-0.25, -0.2) is 0 Å². The van der Waals surface area contributed by atoms with E-state index in [0.717, 1.165) is 32.3 Å². The summed E-state index contributed by atoms with van der Waals surface area (Å²) >= 11 is 0. The van der Waals surface area contributed by atoms with E-state index < -0.39 is 0 Å². The highest BCUT2D eigenvalue weighted by molar-refractivity contribution is 5.80. The van der Waals surface area contributed by atoms with Gasteiger partial charge in [0.1, 0.15) is 0 Å². The highest BCUT2D eigenvalue weighted by atomic mass is 16.5. The van der Waals surface area contributed by atoms with Crippen LogP contribution >= 0.6 is 0 Å². The summed E-state index contributed by atoms with van der Waals surface area (Å²) in [4.78, 5) is 25.3. The van der Waals surface area contributed by atoms with E-state index in [1.54, 1.807) is 0 Å². The predicted octanol–water partition coefficient (Wildman–Crippen LogP) is 1.07. The Kier molecular flexibility index (Phi) is 4.80. The van der Waals surface area contributed by atoms with Gasteiger partial charge in [0.2, 0.25) is 11.8 Å². The van der Waals surface area contributed by atoms with Gasteiger partial charge in [-0.2, -0.15) is 0 Å². The van der Waals surface area contributed by atoms with E-state index in [1.165, 1.54) is 0 Å². The average Bonchev–Trinajstić information content (AvgIpc) is 2.32. The molecule has 1 saturated carbocycles. The largest absolute Gasteiger partial charge is 0.378 e. The van der Waals surface area contributed by atoms with Crippen molar-refractivity contribution >= 4 is 11.8 Å². The number of carbonyl (C=O) groups excluding carboxylic acids is 2. The molecule has 1 saturated heterocycles. The number of hydrogen-bond acceptors (Lipinski definition) is 3. The van der Waals surface area contributed by atoms with Crippen LogP contribution < -0.4 is 5.32 Å². The van der Waals surface area contributed by atoms with Crippen LogP contribution in [0.15, 0.2) is 0 Å². The number of ether oxygens (including phenoxy) is 1. The van der Waals surface area contributed by atoms with Crippen molar-refractivity contribution in [1.82, 2.24) is 10.2 Å². The number of nitrogens with one attached hydrogen (secondary N) is 1. The van der Waals surface area contributed by atoms with Gasteiger partial charge in [0.15, 0.2) is 0 Å². The summed E-state index contributed by atoms with van der Waals surface area (Å²) in [6, 6.07) is 0.335. The molecule has 2 rings (SSSR count). The van der Waals surface area contributed by atoms with E-state index in [2.05, 4.69) is 5.32 Å². The predicted molar refractivity (Wildman–Crippen MR) is 71.6 cm³/mol. The SMILES string of the molecule is CCOC1CC(N(C)C(=O)CC2CCCC(=O)N2)C1. The molecule has 1 heterocycles. The molecule has 108 valence electrons. The molecule has 5 heteroatoms. The Balaban J connectivity index is 1.72. The molecule has 1 N–H and O–H groups in total. The minimum Gasteiger partial charge on any atom is -0.378 e. The van der Waals surface area contributed by atoms with Gasteiger partial charge in [-0.3, -0.25) is 9.59 Å². The average molecular weight is 268 g/mol. The third-order valence-electron chi connectivity index (χ3n) is 4.16. The molecule has 0 spiro atoms.